The second-order valence-electron chi connectivity index (χ2n) is 0.575. The van der Waals surface area contributed by atoms with E-state index in [0.717, 1.165) is 5.75 Å². The van der Waals surface area contributed by atoms with Crippen LogP contribution in [0.25, 0.3) is 0 Å². The Kier molecular flexibility index (Phi) is 4.58. The van der Waals surface area contributed by atoms with Crippen molar-refractivity contribution in [3.63, 3.8) is 0 Å². The number of nitrogens with two attached hydrogens (primary N) is 1. The zero-order chi connectivity index (χ0) is 4.12. The predicted octanol–water partition coefficient (Wildman–Crippen LogP) is 0.470. The van der Waals surface area contributed by atoms with Gasteiger partial charge in [0.1, 0.15) is 0 Å². The maximum Gasteiger partial charge on any atom is 0.0392 e. The van der Waals surface area contributed by atoms with Gasteiger partial charge in [-0.3, -0.25) is 0 Å². The van der Waals surface area contributed by atoms with Crippen LogP contribution in [0.1, 0.15) is 0 Å². The van der Waals surface area contributed by atoms with E-state index in [1.54, 1.807) is 11.8 Å². The van der Waals surface area contributed by atoms with Crippen molar-refractivity contribution in [3.8, 4) is 0 Å². The Bertz CT molecular complexity index is 14.4. The van der Waals surface area contributed by atoms with Crippen LogP contribution >= 0.6 is 11.8 Å². The molecule has 0 aromatic rings. The summed E-state index contributed by atoms with van der Waals surface area (Å²) in [4.78, 5) is 0. The number of thioether (sulfide) groups is 1. The number of hydrogen-bond donors (Lipinski definition) is 1. The third-order valence-corrected chi connectivity index (χ3v) is 0.787. The van der Waals surface area contributed by atoms with Crippen molar-refractivity contribution in [1.29, 1.82) is 0 Å². The van der Waals surface area contributed by atoms with Crippen molar-refractivity contribution in [2.75, 3.05) is 11.6 Å². The molecule has 0 aliphatic carbocycles. The third kappa shape index (κ3) is 4.31. The molecule has 1 nitrogen and oxygen atoms in total. The molecule has 2 heteroatoms. The molecule has 0 spiro atoms. The minimum atomic E-state index is 0.698. The van der Waals surface area contributed by atoms with Crippen LogP contribution in [-0.4, -0.2) is 11.6 Å². The average Bonchev–Trinajstić information content (AvgIpc) is 1.41. The van der Waals surface area contributed by atoms with Gasteiger partial charge in [-0.15, -0.1) is 11.8 Å². The molecule has 2 N–H and O–H groups in total. The van der Waals surface area contributed by atoms with E-state index in [1.165, 1.54) is 0 Å². The molecule has 0 aromatic carbocycles. The van der Waals surface area contributed by atoms with E-state index in [-0.39, 0.29) is 0 Å². The fraction of sp³-hybridized carbons (Fsp3) is 0.667. The molecule has 0 fully saturated rings. The highest BCUT2D eigenvalue weighted by Crippen LogP contribution is 1.88. The molecule has 5 heavy (non-hydrogen) atoms. The van der Waals surface area contributed by atoms with Crippen molar-refractivity contribution in [2.24, 2.45) is 5.73 Å². The Hall–Kier alpha value is 0.310. The van der Waals surface area contributed by atoms with E-state index in [9.17, 15) is 0 Å². The molecule has 0 atom stereocenters. The molecule has 0 rings (SSSR count). The normalized spacial score (nSPS) is 8.40. The molecule has 31 valence electrons. The lowest BCUT2D eigenvalue weighted by atomic mass is 11.0. The zero-order valence-corrected chi connectivity index (χ0v) is 3.92. The molecule has 0 unspecified atom stereocenters. The first-order chi connectivity index (χ1) is 2.41. The first-order valence-corrected chi connectivity index (χ1v) is 2.64. The highest BCUT2D eigenvalue weighted by molar-refractivity contribution is 7.99. The lowest BCUT2D eigenvalue weighted by molar-refractivity contribution is 1.40. The molecule has 0 aliphatic rings. The van der Waals surface area contributed by atoms with Gasteiger partial charge in [0, 0.05) is 5.88 Å². The van der Waals surface area contributed by atoms with Crippen molar-refractivity contribution in [3.05, 3.63) is 6.92 Å². The molecule has 0 amide bonds. The highest BCUT2D eigenvalue weighted by Gasteiger charge is 1.67. The molecule has 0 saturated heterocycles. The summed E-state index contributed by atoms with van der Waals surface area (Å²) in [5, 5.41) is 0. The van der Waals surface area contributed by atoms with Crippen LogP contribution in [0, 0.1) is 6.92 Å². The van der Waals surface area contributed by atoms with Crippen LogP contribution in [0.5, 0.6) is 0 Å². The maximum absolute atomic E-state index is 5.06. The maximum atomic E-state index is 5.06. The van der Waals surface area contributed by atoms with Crippen molar-refractivity contribution < 1.29 is 0 Å². The van der Waals surface area contributed by atoms with E-state index in [0.29, 0.717) is 5.88 Å². The summed E-state index contributed by atoms with van der Waals surface area (Å²) in [5.41, 5.74) is 5.06. The van der Waals surface area contributed by atoms with Crippen LogP contribution < -0.4 is 5.73 Å². The first-order valence-electron chi connectivity index (χ1n) is 1.49. The quantitative estimate of drug-likeness (QED) is 0.499. The fourth-order valence-electron chi connectivity index (χ4n) is 0.0833. The zero-order valence-electron chi connectivity index (χ0n) is 3.11. The van der Waals surface area contributed by atoms with E-state index < -0.39 is 0 Å². The van der Waals surface area contributed by atoms with E-state index in [4.69, 9.17) is 5.73 Å². The van der Waals surface area contributed by atoms with Gasteiger partial charge in [0.05, 0.1) is 0 Å². The average molecular weight is 90.2 g/mol. The minimum Gasteiger partial charge on any atom is -0.322 e. The molecule has 0 aliphatic heterocycles. The predicted molar refractivity (Wildman–Crippen MR) is 26.9 cm³/mol. The Morgan fingerprint density at radius 2 is 2.40 bits per heavy atom. The summed E-state index contributed by atoms with van der Waals surface area (Å²) < 4.78 is 0. The van der Waals surface area contributed by atoms with Gasteiger partial charge in [0.15, 0.2) is 0 Å². The highest BCUT2D eigenvalue weighted by atomic mass is 32.2. The van der Waals surface area contributed by atoms with Gasteiger partial charge in [-0.25, -0.2) is 0 Å². The van der Waals surface area contributed by atoms with Gasteiger partial charge in [-0.2, -0.15) is 0 Å². The smallest absolute Gasteiger partial charge is 0.0392 e. The first kappa shape index (κ1) is 5.31. The van der Waals surface area contributed by atoms with Gasteiger partial charge in [-0.05, 0) is 12.7 Å². The standard InChI is InChI=1S/C3H8NS/c1-2-5-3-4/h1-4H2. The molecule has 1 radical (unpaired) electrons. The number of hydrogen-bond acceptors (Lipinski definition) is 2. The molecule has 0 bridgehead atoms. The third-order valence-electron chi connectivity index (χ3n) is 0.262. The number of rotatable bonds is 2. The van der Waals surface area contributed by atoms with Gasteiger partial charge in [-0.1, -0.05) is 0 Å². The Balaban J connectivity index is 2.19. The Labute approximate surface area is 36.9 Å². The van der Waals surface area contributed by atoms with Crippen LogP contribution in [0.4, 0.5) is 0 Å². The van der Waals surface area contributed by atoms with Gasteiger partial charge in [0.25, 0.3) is 0 Å². The molecule has 0 saturated carbocycles. The second kappa shape index (κ2) is 4.31. The van der Waals surface area contributed by atoms with Crippen molar-refractivity contribution in [2.45, 2.75) is 0 Å². The molecule has 0 heterocycles. The van der Waals surface area contributed by atoms with Crippen LogP contribution in [0.15, 0.2) is 0 Å². The van der Waals surface area contributed by atoms with E-state index >= 15 is 0 Å². The van der Waals surface area contributed by atoms with E-state index in [2.05, 4.69) is 6.92 Å². The largest absolute Gasteiger partial charge is 0.322 e. The Morgan fingerprint density at radius 3 is 2.40 bits per heavy atom. The van der Waals surface area contributed by atoms with Crippen LogP contribution in [0.3, 0.4) is 0 Å². The van der Waals surface area contributed by atoms with Gasteiger partial charge in [0.2, 0.25) is 0 Å². The van der Waals surface area contributed by atoms with Gasteiger partial charge >= 0.3 is 0 Å². The summed E-state index contributed by atoms with van der Waals surface area (Å²) in [7, 11) is 0. The summed E-state index contributed by atoms with van der Waals surface area (Å²) in [6, 6.07) is 0. The lowest BCUT2D eigenvalue weighted by Crippen LogP contribution is -1.91. The van der Waals surface area contributed by atoms with Crippen LogP contribution in [-0.2, 0) is 0 Å². The molecule has 0 aromatic heterocycles. The second-order valence-corrected chi connectivity index (χ2v) is 1.72. The fourth-order valence-corrected chi connectivity index (χ4v) is 0.250. The summed E-state index contributed by atoms with van der Waals surface area (Å²) in [6.07, 6.45) is 0. The monoisotopic (exact) mass is 90.0 g/mol. The summed E-state index contributed by atoms with van der Waals surface area (Å²) in [6.45, 7) is 3.56. The van der Waals surface area contributed by atoms with Crippen molar-refractivity contribution >= 4 is 11.8 Å². The van der Waals surface area contributed by atoms with Gasteiger partial charge < -0.3 is 5.73 Å². The SMILES string of the molecule is [CH2]CSCN. The minimum absolute atomic E-state index is 0.698. The summed E-state index contributed by atoms with van der Waals surface area (Å²) in [5.74, 6) is 1.58. The van der Waals surface area contributed by atoms with E-state index in [1.807, 2.05) is 0 Å². The molecular formula is C3H8NS. The lowest BCUT2D eigenvalue weighted by Gasteiger charge is -1.81. The molecular weight excluding hydrogens is 82.1 g/mol. The topological polar surface area (TPSA) is 26.0 Å². The van der Waals surface area contributed by atoms with Crippen LogP contribution in [0.2, 0.25) is 0 Å². The summed E-state index contributed by atoms with van der Waals surface area (Å²) >= 11 is 1.63. The van der Waals surface area contributed by atoms with Crippen molar-refractivity contribution in [1.82, 2.24) is 0 Å². The Morgan fingerprint density at radius 1 is 1.80 bits per heavy atom.